The molecule has 2 heterocycles. The molecule has 0 bridgehead atoms. The van der Waals surface area contributed by atoms with E-state index in [0.29, 0.717) is 19.3 Å². The summed E-state index contributed by atoms with van der Waals surface area (Å²) >= 11 is 0. The fraction of sp³-hybridized carbons (Fsp3) is 0.370. The van der Waals surface area contributed by atoms with Gasteiger partial charge < -0.3 is 14.7 Å². The van der Waals surface area contributed by atoms with Crippen LogP contribution in [0.1, 0.15) is 36.2 Å². The lowest BCUT2D eigenvalue weighted by Crippen LogP contribution is -2.43. The van der Waals surface area contributed by atoms with E-state index in [4.69, 9.17) is 4.74 Å². The second-order valence-electron chi connectivity index (χ2n) is 9.06. The summed E-state index contributed by atoms with van der Waals surface area (Å²) < 4.78 is 5.69. The van der Waals surface area contributed by atoms with Crippen LogP contribution in [0.3, 0.4) is 0 Å². The Kier molecular flexibility index (Phi) is 6.20. The standard InChI is InChI=1S/C27H29N3O3/c31-19-33-25(16-20(18-30-14-5-6-15-30)17-26-28-12-7-13-29-26)27(32)23-10-3-1-8-21(23)22-9-2-4-11-24(22)27/h1-4,7-13,19-20,25,32H,5-6,14-18H2/t20-,25?/m0/s1. The summed E-state index contributed by atoms with van der Waals surface area (Å²) in [6, 6.07) is 17.5. The summed E-state index contributed by atoms with van der Waals surface area (Å²) in [4.78, 5) is 23.0. The minimum Gasteiger partial charge on any atom is -0.461 e. The van der Waals surface area contributed by atoms with Crippen LogP contribution in [0.4, 0.5) is 0 Å². The molecule has 0 saturated carbocycles. The molecular weight excluding hydrogens is 414 g/mol. The van der Waals surface area contributed by atoms with Gasteiger partial charge in [0.1, 0.15) is 11.9 Å². The molecule has 0 radical (unpaired) electrons. The van der Waals surface area contributed by atoms with E-state index >= 15 is 0 Å². The number of likely N-dealkylation sites (tertiary alicyclic amines) is 1. The van der Waals surface area contributed by atoms with Gasteiger partial charge in [-0.25, -0.2) is 9.97 Å². The lowest BCUT2D eigenvalue weighted by atomic mass is 9.80. The molecule has 0 amide bonds. The number of ether oxygens (including phenoxy) is 1. The van der Waals surface area contributed by atoms with Gasteiger partial charge in [0, 0.05) is 25.4 Å². The van der Waals surface area contributed by atoms with Gasteiger partial charge in [-0.15, -0.1) is 0 Å². The predicted molar refractivity (Wildman–Crippen MR) is 125 cm³/mol. The summed E-state index contributed by atoms with van der Waals surface area (Å²) in [5.41, 5.74) is 2.13. The maximum atomic E-state index is 12.2. The van der Waals surface area contributed by atoms with Crippen LogP contribution < -0.4 is 0 Å². The summed E-state index contributed by atoms with van der Waals surface area (Å²) in [5, 5.41) is 12.2. The minimum absolute atomic E-state index is 0.124. The van der Waals surface area contributed by atoms with Crippen LogP contribution in [0.5, 0.6) is 0 Å². The van der Waals surface area contributed by atoms with E-state index < -0.39 is 11.7 Å². The van der Waals surface area contributed by atoms with Gasteiger partial charge in [0.2, 0.25) is 0 Å². The molecule has 2 aromatic carbocycles. The number of carbonyl (C=O) groups excluding carboxylic acids is 1. The largest absolute Gasteiger partial charge is 0.461 e. The number of rotatable bonds is 9. The molecule has 2 atom stereocenters. The second-order valence-corrected chi connectivity index (χ2v) is 9.06. The second kappa shape index (κ2) is 9.41. The van der Waals surface area contributed by atoms with Gasteiger partial charge in [-0.2, -0.15) is 0 Å². The Morgan fingerprint density at radius 3 is 2.18 bits per heavy atom. The molecular formula is C27H29N3O3. The first-order valence-electron chi connectivity index (χ1n) is 11.7. The Hall–Kier alpha value is -3.09. The summed E-state index contributed by atoms with van der Waals surface area (Å²) in [6.07, 6.45) is 6.36. The van der Waals surface area contributed by atoms with Gasteiger partial charge >= 0.3 is 0 Å². The highest BCUT2D eigenvalue weighted by atomic mass is 16.5. The van der Waals surface area contributed by atoms with Crippen LogP contribution in [-0.4, -0.2) is 52.2 Å². The average molecular weight is 444 g/mol. The third-order valence-corrected chi connectivity index (χ3v) is 7.00. The number of aromatic nitrogens is 2. The van der Waals surface area contributed by atoms with E-state index in [2.05, 4.69) is 14.9 Å². The van der Waals surface area contributed by atoms with Gasteiger partial charge in [-0.1, -0.05) is 48.5 Å². The van der Waals surface area contributed by atoms with Crippen LogP contribution >= 0.6 is 0 Å². The van der Waals surface area contributed by atoms with Crippen molar-refractivity contribution in [3.05, 3.63) is 83.9 Å². The number of fused-ring (bicyclic) bond motifs is 3. The number of hydrogen-bond acceptors (Lipinski definition) is 6. The molecule has 33 heavy (non-hydrogen) atoms. The van der Waals surface area contributed by atoms with Crippen molar-refractivity contribution >= 4 is 6.47 Å². The van der Waals surface area contributed by atoms with Crippen LogP contribution in [-0.2, 0) is 21.6 Å². The van der Waals surface area contributed by atoms with E-state index in [1.165, 1.54) is 12.8 Å². The van der Waals surface area contributed by atoms with E-state index in [-0.39, 0.29) is 5.92 Å². The van der Waals surface area contributed by atoms with E-state index in [9.17, 15) is 9.90 Å². The lowest BCUT2D eigenvalue weighted by molar-refractivity contribution is -0.148. The van der Waals surface area contributed by atoms with Gasteiger partial charge in [-0.05, 0) is 66.6 Å². The maximum Gasteiger partial charge on any atom is 0.293 e. The van der Waals surface area contributed by atoms with Gasteiger partial charge in [-0.3, -0.25) is 4.79 Å². The molecule has 6 heteroatoms. The molecule has 1 fully saturated rings. The molecule has 1 aliphatic heterocycles. The number of carbonyl (C=O) groups is 1. The van der Waals surface area contributed by atoms with Crippen molar-refractivity contribution in [3.63, 3.8) is 0 Å². The third-order valence-electron chi connectivity index (χ3n) is 7.00. The molecule has 2 aliphatic rings. The molecule has 170 valence electrons. The van der Waals surface area contributed by atoms with Gasteiger partial charge in [0.25, 0.3) is 6.47 Å². The first kappa shape index (κ1) is 21.7. The molecule has 6 nitrogen and oxygen atoms in total. The SMILES string of the molecule is O=COC(C[C@@H](Cc1ncccn1)CN1CCCC1)C1(O)c2ccccc2-c2ccccc21. The van der Waals surface area contributed by atoms with E-state index in [1.54, 1.807) is 12.4 Å². The predicted octanol–water partition coefficient (Wildman–Crippen LogP) is 3.58. The highest BCUT2D eigenvalue weighted by Crippen LogP contribution is 2.50. The number of nitrogens with zero attached hydrogens (tertiary/aromatic N) is 3. The van der Waals surface area contributed by atoms with Crippen molar-refractivity contribution in [2.45, 2.75) is 37.4 Å². The third kappa shape index (κ3) is 4.16. The molecule has 3 aromatic rings. The lowest BCUT2D eigenvalue weighted by Gasteiger charge is -2.36. The maximum absolute atomic E-state index is 12.2. The smallest absolute Gasteiger partial charge is 0.293 e. The molecule has 1 saturated heterocycles. The number of hydrogen-bond donors (Lipinski definition) is 1. The van der Waals surface area contributed by atoms with Gasteiger partial charge in [0.15, 0.2) is 5.60 Å². The van der Waals surface area contributed by atoms with Crippen LogP contribution in [0.2, 0.25) is 0 Å². The molecule has 1 unspecified atom stereocenters. The quantitative estimate of drug-likeness (QED) is 0.510. The Morgan fingerprint density at radius 2 is 1.58 bits per heavy atom. The van der Waals surface area contributed by atoms with Crippen molar-refractivity contribution in [1.82, 2.24) is 14.9 Å². The van der Waals surface area contributed by atoms with Crippen molar-refractivity contribution in [2.24, 2.45) is 5.92 Å². The van der Waals surface area contributed by atoms with Gasteiger partial charge in [0.05, 0.1) is 0 Å². The molecule has 1 N–H and O–H groups in total. The Bertz CT molecular complexity index is 1050. The average Bonchev–Trinajstić information content (AvgIpc) is 3.45. The van der Waals surface area contributed by atoms with E-state index in [0.717, 1.165) is 47.7 Å². The Labute approximate surface area is 194 Å². The highest BCUT2D eigenvalue weighted by molar-refractivity contribution is 5.80. The number of benzene rings is 2. The zero-order valence-electron chi connectivity index (χ0n) is 18.6. The minimum atomic E-state index is -1.41. The molecule has 0 spiro atoms. The monoisotopic (exact) mass is 443 g/mol. The molecule has 1 aliphatic carbocycles. The van der Waals surface area contributed by atoms with Crippen molar-refractivity contribution in [3.8, 4) is 11.1 Å². The molecule has 5 rings (SSSR count). The van der Waals surface area contributed by atoms with Crippen molar-refractivity contribution in [2.75, 3.05) is 19.6 Å². The zero-order valence-corrected chi connectivity index (χ0v) is 18.6. The fourth-order valence-corrected chi connectivity index (χ4v) is 5.53. The first-order chi connectivity index (χ1) is 16.2. The summed E-state index contributed by atoms with van der Waals surface area (Å²) in [7, 11) is 0. The fourth-order valence-electron chi connectivity index (χ4n) is 5.53. The van der Waals surface area contributed by atoms with Crippen molar-refractivity contribution in [1.29, 1.82) is 0 Å². The summed E-state index contributed by atoms with van der Waals surface area (Å²) in [6.45, 7) is 3.47. The highest BCUT2D eigenvalue weighted by Gasteiger charge is 2.49. The summed E-state index contributed by atoms with van der Waals surface area (Å²) in [5.74, 6) is 0.894. The van der Waals surface area contributed by atoms with Crippen LogP contribution in [0.15, 0.2) is 67.0 Å². The topological polar surface area (TPSA) is 75.5 Å². The first-order valence-corrected chi connectivity index (χ1v) is 11.7. The Morgan fingerprint density at radius 1 is 0.970 bits per heavy atom. The zero-order chi connectivity index (χ0) is 22.7. The van der Waals surface area contributed by atoms with Crippen LogP contribution in [0.25, 0.3) is 11.1 Å². The van der Waals surface area contributed by atoms with Crippen LogP contribution in [0, 0.1) is 5.92 Å². The number of aliphatic hydroxyl groups is 1. The van der Waals surface area contributed by atoms with E-state index in [1.807, 2.05) is 54.6 Å². The van der Waals surface area contributed by atoms with Crippen molar-refractivity contribution < 1.29 is 14.6 Å². The normalized spacial score (nSPS) is 18.3. The molecule has 1 aromatic heterocycles. The Balaban J connectivity index is 1.50.